The number of rotatable bonds is 8. The molecule has 1 aliphatic heterocycles. The molecule has 0 aromatic heterocycles. The van der Waals surface area contributed by atoms with Crippen LogP contribution in [0.15, 0.2) is 24.3 Å². The molecular weight excluding hydrogens is 372 g/mol. The van der Waals surface area contributed by atoms with Crippen molar-refractivity contribution in [3.63, 3.8) is 0 Å². The molecule has 0 radical (unpaired) electrons. The number of hydrogen-bond acceptors (Lipinski definition) is 3. The Hall–Kier alpha value is -1.26. The first-order chi connectivity index (χ1) is 12.9. The first-order valence-corrected chi connectivity index (χ1v) is 10.7. The first-order valence-electron chi connectivity index (χ1n) is 10.7. The predicted molar refractivity (Wildman–Crippen MR) is 117 cm³/mol. The molecule has 1 aromatic carbocycles. The third-order valence-electron chi connectivity index (χ3n) is 5.76. The van der Waals surface area contributed by atoms with Gasteiger partial charge < -0.3 is 15.0 Å². The van der Waals surface area contributed by atoms with Gasteiger partial charge in [-0.1, -0.05) is 32.9 Å². The summed E-state index contributed by atoms with van der Waals surface area (Å²) in [7, 11) is 0. The number of likely N-dealkylation sites (tertiary alicyclic amines) is 1. The molecule has 28 heavy (non-hydrogen) atoms. The van der Waals surface area contributed by atoms with E-state index in [1.807, 2.05) is 17.0 Å². The van der Waals surface area contributed by atoms with E-state index in [0.717, 1.165) is 44.0 Å². The number of benzene rings is 1. The van der Waals surface area contributed by atoms with Gasteiger partial charge in [-0.25, -0.2) is 0 Å². The summed E-state index contributed by atoms with van der Waals surface area (Å²) < 4.78 is 5.81. The van der Waals surface area contributed by atoms with Crippen LogP contribution in [0, 0.1) is 5.92 Å². The summed E-state index contributed by atoms with van der Waals surface area (Å²) in [5.41, 5.74) is 1.46. The average molecular weight is 409 g/mol. The summed E-state index contributed by atoms with van der Waals surface area (Å²) in [5.74, 6) is 2.09. The number of nitrogens with one attached hydrogen (secondary N) is 1. The normalized spacial score (nSPS) is 17.9. The fourth-order valence-corrected chi connectivity index (χ4v) is 3.61. The van der Waals surface area contributed by atoms with Crippen molar-refractivity contribution in [2.24, 2.45) is 5.92 Å². The van der Waals surface area contributed by atoms with Gasteiger partial charge in [0.25, 0.3) is 0 Å². The van der Waals surface area contributed by atoms with Gasteiger partial charge in [0.1, 0.15) is 5.75 Å². The maximum absolute atomic E-state index is 12.4. The van der Waals surface area contributed by atoms with Crippen LogP contribution < -0.4 is 10.1 Å². The Morgan fingerprint density at radius 1 is 1.11 bits per heavy atom. The third kappa shape index (κ3) is 7.29. The molecule has 3 rings (SSSR count). The van der Waals surface area contributed by atoms with Crippen molar-refractivity contribution in [3.05, 3.63) is 29.8 Å². The third-order valence-corrected chi connectivity index (χ3v) is 5.76. The lowest BCUT2D eigenvalue weighted by Gasteiger charge is -2.32. The van der Waals surface area contributed by atoms with Crippen LogP contribution >= 0.6 is 12.4 Å². The number of amides is 1. The van der Waals surface area contributed by atoms with E-state index < -0.39 is 0 Å². The lowest BCUT2D eigenvalue weighted by atomic mass is 9.87. The van der Waals surface area contributed by atoms with Crippen LogP contribution in [0.3, 0.4) is 0 Å². The summed E-state index contributed by atoms with van der Waals surface area (Å²) in [4.78, 5) is 14.4. The van der Waals surface area contributed by atoms with Gasteiger partial charge in [-0.15, -0.1) is 12.4 Å². The number of ether oxygens (including phenoxy) is 1. The van der Waals surface area contributed by atoms with Crippen molar-refractivity contribution < 1.29 is 9.53 Å². The largest absolute Gasteiger partial charge is 0.494 e. The number of halogens is 1. The SMILES string of the molecule is CC(C)(C)c1ccc(OCCCC(=O)N2CCC(NCC3CC3)CC2)cc1.Cl. The van der Waals surface area contributed by atoms with Crippen LogP contribution in [0.25, 0.3) is 0 Å². The van der Waals surface area contributed by atoms with E-state index >= 15 is 0 Å². The monoisotopic (exact) mass is 408 g/mol. The fourth-order valence-electron chi connectivity index (χ4n) is 3.61. The number of carbonyl (C=O) groups excluding carboxylic acids is 1. The Bertz CT molecular complexity index is 600. The number of hydrogen-bond donors (Lipinski definition) is 1. The highest BCUT2D eigenvalue weighted by Gasteiger charge is 2.25. The highest BCUT2D eigenvalue weighted by atomic mass is 35.5. The van der Waals surface area contributed by atoms with E-state index in [1.54, 1.807) is 0 Å². The molecule has 2 fully saturated rings. The zero-order valence-corrected chi connectivity index (χ0v) is 18.5. The highest BCUT2D eigenvalue weighted by molar-refractivity contribution is 5.85. The van der Waals surface area contributed by atoms with Crippen LogP contribution in [0.5, 0.6) is 5.75 Å². The zero-order valence-electron chi connectivity index (χ0n) is 17.7. The predicted octanol–water partition coefficient (Wildman–Crippen LogP) is 4.56. The maximum Gasteiger partial charge on any atom is 0.222 e. The molecule has 5 heteroatoms. The van der Waals surface area contributed by atoms with Gasteiger partial charge in [-0.2, -0.15) is 0 Å². The Kier molecular flexibility index (Phi) is 8.63. The van der Waals surface area contributed by atoms with Gasteiger partial charge in [0.05, 0.1) is 6.61 Å². The molecule has 158 valence electrons. The smallest absolute Gasteiger partial charge is 0.222 e. The zero-order chi connectivity index (χ0) is 19.3. The van der Waals surface area contributed by atoms with E-state index in [4.69, 9.17) is 4.74 Å². The summed E-state index contributed by atoms with van der Waals surface area (Å²) in [6.07, 6.45) is 6.34. The molecule has 0 atom stereocenters. The molecule has 0 unspecified atom stereocenters. The average Bonchev–Trinajstić information content (AvgIpc) is 3.48. The molecule has 1 aliphatic carbocycles. The van der Waals surface area contributed by atoms with Gasteiger partial charge in [-0.05, 0) is 67.7 Å². The molecule has 4 nitrogen and oxygen atoms in total. The molecule has 1 saturated heterocycles. The van der Waals surface area contributed by atoms with E-state index in [-0.39, 0.29) is 23.7 Å². The van der Waals surface area contributed by atoms with Gasteiger partial charge >= 0.3 is 0 Å². The van der Waals surface area contributed by atoms with Crippen molar-refractivity contribution in [1.29, 1.82) is 0 Å². The Morgan fingerprint density at radius 2 is 1.75 bits per heavy atom. The van der Waals surface area contributed by atoms with Crippen molar-refractivity contribution >= 4 is 18.3 Å². The first kappa shape index (κ1) is 23.0. The molecule has 1 aromatic rings. The van der Waals surface area contributed by atoms with Gasteiger partial charge in [0.15, 0.2) is 0 Å². The van der Waals surface area contributed by atoms with Gasteiger partial charge in [0, 0.05) is 25.6 Å². The van der Waals surface area contributed by atoms with Crippen LogP contribution in [0.2, 0.25) is 0 Å². The van der Waals surface area contributed by atoms with E-state index in [0.29, 0.717) is 19.1 Å². The molecule has 0 bridgehead atoms. The topological polar surface area (TPSA) is 41.6 Å². The molecule has 2 aliphatic rings. The second kappa shape index (κ2) is 10.5. The van der Waals surface area contributed by atoms with E-state index in [1.165, 1.54) is 24.9 Å². The van der Waals surface area contributed by atoms with Crippen molar-refractivity contribution in [1.82, 2.24) is 10.2 Å². The highest BCUT2D eigenvalue weighted by Crippen LogP contribution is 2.28. The molecule has 0 spiro atoms. The van der Waals surface area contributed by atoms with E-state index in [9.17, 15) is 4.79 Å². The molecule has 1 amide bonds. The number of piperidine rings is 1. The van der Waals surface area contributed by atoms with Crippen LogP contribution in [-0.2, 0) is 10.2 Å². The Balaban J connectivity index is 0.00000280. The minimum atomic E-state index is 0. The minimum Gasteiger partial charge on any atom is -0.494 e. The lowest BCUT2D eigenvalue weighted by molar-refractivity contribution is -0.132. The quantitative estimate of drug-likeness (QED) is 0.641. The summed E-state index contributed by atoms with van der Waals surface area (Å²) in [6.45, 7) is 10.2. The van der Waals surface area contributed by atoms with Crippen molar-refractivity contribution in [2.75, 3.05) is 26.2 Å². The van der Waals surface area contributed by atoms with Gasteiger partial charge in [0.2, 0.25) is 5.91 Å². The fraction of sp³-hybridized carbons (Fsp3) is 0.696. The molecule has 1 heterocycles. The minimum absolute atomic E-state index is 0. The second-order valence-electron chi connectivity index (χ2n) is 9.23. The Morgan fingerprint density at radius 3 is 2.32 bits per heavy atom. The van der Waals surface area contributed by atoms with Crippen LogP contribution in [0.4, 0.5) is 0 Å². The number of nitrogens with zero attached hydrogens (tertiary/aromatic N) is 1. The van der Waals surface area contributed by atoms with Crippen molar-refractivity contribution in [3.8, 4) is 5.75 Å². The number of carbonyl (C=O) groups is 1. The molecule has 1 saturated carbocycles. The van der Waals surface area contributed by atoms with Gasteiger partial charge in [-0.3, -0.25) is 4.79 Å². The standard InChI is InChI=1S/C23H36N2O2.ClH/c1-23(2,3)19-8-10-21(11-9-19)27-16-4-5-22(26)25-14-12-20(13-15-25)24-17-18-6-7-18;/h8-11,18,20,24H,4-7,12-17H2,1-3H3;1H. The lowest BCUT2D eigenvalue weighted by Crippen LogP contribution is -2.45. The Labute approximate surface area is 176 Å². The van der Waals surface area contributed by atoms with Crippen molar-refractivity contribution in [2.45, 2.75) is 70.8 Å². The summed E-state index contributed by atoms with van der Waals surface area (Å²) in [5, 5.41) is 3.67. The summed E-state index contributed by atoms with van der Waals surface area (Å²) >= 11 is 0. The second-order valence-corrected chi connectivity index (χ2v) is 9.23. The summed E-state index contributed by atoms with van der Waals surface area (Å²) in [6, 6.07) is 8.92. The maximum atomic E-state index is 12.4. The van der Waals surface area contributed by atoms with E-state index in [2.05, 4.69) is 38.2 Å². The van der Waals surface area contributed by atoms with Crippen LogP contribution in [-0.4, -0.2) is 43.1 Å². The van der Waals surface area contributed by atoms with Crippen LogP contribution in [0.1, 0.15) is 64.9 Å². The molecule has 1 N–H and O–H groups in total. The molecular formula is C23H37ClN2O2.